The number of carbonyl (C=O) groups excluding carboxylic acids is 1. The standard InChI is InChI=1S/C10H12N2O2S/c1-2-14-10(13)9(12)4-7-3-8(5-11)15-6-7/h3,6,9H,2,4,12H2,1H3. The maximum atomic E-state index is 11.2. The summed E-state index contributed by atoms with van der Waals surface area (Å²) in [5, 5.41) is 10.4. The Bertz CT molecular complexity index is 381. The molecule has 4 nitrogen and oxygen atoms in total. The summed E-state index contributed by atoms with van der Waals surface area (Å²) >= 11 is 1.35. The molecule has 0 aromatic carbocycles. The van der Waals surface area contributed by atoms with Crippen molar-refractivity contribution in [3.8, 4) is 6.07 Å². The summed E-state index contributed by atoms with van der Waals surface area (Å²) < 4.78 is 4.78. The number of esters is 1. The van der Waals surface area contributed by atoms with E-state index in [2.05, 4.69) is 0 Å². The van der Waals surface area contributed by atoms with Crippen LogP contribution in [0.5, 0.6) is 0 Å². The van der Waals surface area contributed by atoms with Crippen LogP contribution in [0, 0.1) is 11.3 Å². The SMILES string of the molecule is CCOC(=O)C(N)Cc1csc(C#N)c1. The van der Waals surface area contributed by atoms with Gasteiger partial charge in [-0.25, -0.2) is 0 Å². The topological polar surface area (TPSA) is 76.1 Å². The highest BCUT2D eigenvalue weighted by molar-refractivity contribution is 7.10. The summed E-state index contributed by atoms with van der Waals surface area (Å²) in [5.41, 5.74) is 6.53. The van der Waals surface area contributed by atoms with E-state index in [0.29, 0.717) is 17.9 Å². The molecule has 0 aliphatic heterocycles. The van der Waals surface area contributed by atoms with E-state index in [1.54, 1.807) is 13.0 Å². The molecule has 0 spiro atoms. The maximum Gasteiger partial charge on any atom is 0.323 e. The van der Waals surface area contributed by atoms with Gasteiger partial charge >= 0.3 is 5.97 Å². The molecule has 5 heteroatoms. The lowest BCUT2D eigenvalue weighted by atomic mass is 10.1. The van der Waals surface area contributed by atoms with E-state index < -0.39 is 12.0 Å². The van der Waals surface area contributed by atoms with Crippen molar-refractivity contribution in [2.45, 2.75) is 19.4 Å². The lowest BCUT2D eigenvalue weighted by Gasteiger charge is -2.08. The highest BCUT2D eigenvalue weighted by atomic mass is 32.1. The van der Waals surface area contributed by atoms with Crippen molar-refractivity contribution in [3.05, 3.63) is 21.9 Å². The van der Waals surface area contributed by atoms with Gasteiger partial charge in [0.25, 0.3) is 0 Å². The Morgan fingerprint density at radius 2 is 2.53 bits per heavy atom. The van der Waals surface area contributed by atoms with Crippen LogP contribution in [0.4, 0.5) is 0 Å². The second-order valence-electron chi connectivity index (χ2n) is 2.99. The van der Waals surface area contributed by atoms with Crippen molar-refractivity contribution >= 4 is 17.3 Å². The molecule has 1 atom stereocenters. The van der Waals surface area contributed by atoms with E-state index in [9.17, 15) is 4.79 Å². The van der Waals surface area contributed by atoms with E-state index >= 15 is 0 Å². The van der Waals surface area contributed by atoms with E-state index in [0.717, 1.165) is 5.56 Å². The first-order valence-electron chi connectivity index (χ1n) is 4.57. The summed E-state index contributed by atoms with van der Waals surface area (Å²) in [5.74, 6) is -0.401. The predicted molar refractivity (Wildman–Crippen MR) is 57.3 cm³/mol. The fourth-order valence-corrected chi connectivity index (χ4v) is 1.84. The van der Waals surface area contributed by atoms with Crippen molar-refractivity contribution in [2.24, 2.45) is 5.73 Å². The maximum absolute atomic E-state index is 11.2. The Kier molecular flexibility index (Phi) is 4.28. The van der Waals surface area contributed by atoms with Crippen LogP contribution in [0.1, 0.15) is 17.4 Å². The number of nitriles is 1. The quantitative estimate of drug-likeness (QED) is 0.776. The number of hydrogen-bond acceptors (Lipinski definition) is 5. The molecule has 0 bridgehead atoms. The Labute approximate surface area is 92.3 Å². The fourth-order valence-electron chi connectivity index (χ4n) is 1.13. The first-order valence-corrected chi connectivity index (χ1v) is 5.45. The lowest BCUT2D eigenvalue weighted by molar-refractivity contribution is -0.144. The molecule has 1 rings (SSSR count). The van der Waals surface area contributed by atoms with E-state index in [4.69, 9.17) is 15.7 Å². The molecular formula is C10H12N2O2S. The number of ether oxygens (including phenoxy) is 1. The van der Waals surface area contributed by atoms with Gasteiger partial charge in [-0.1, -0.05) is 0 Å². The third-order valence-electron chi connectivity index (χ3n) is 1.81. The highest BCUT2D eigenvalue weighted by Crippen LogP contribution is 2.14. The molecule has 15 heavy (non-hydrogen) atoms. The molecule has 0 amide bonds. The number of rotatable bonds is 4. The second kappa shape index (κ2) is 5.49. The van der Waals surface area contributed by atoms with Crippen LogP contribution in [-0.2, 0) is 16.0 Å². The Morgan fingerprint density at radius 3 is 3.07 bits per heavy atom. The van der Waals surface area contributed by atoms with Crippen LogP contribution in [0.2, 0.25) is 0 Å². The second-order valence-corrected chi connectivity index (χ2v) is 3.90. The van der Waals surface area contributed by atoms with E-state index in [-0.39, 0.29) is 0 Å². The fraction of sp³-hybridized carbons (Fsp3) is 0.400. The van der Waals surface area contributed by atoms with Crippen LogP contribution < -0.4 is 5.73 Å². The minimum Gasteiger partial charge on any atom is -0.465 e. The molecular weight excluding hydrogens is 212 g/mol. The number of hydrogen-bond donors (Lipinski definition) is 1. The highest BCUT2D eigenvalue weighted by Gasteiger charge is 2.15. The zero-order valence-corrected chi connectivity index (χ0v) is 9.21. The lowest BCUT2D eigenvalue weighted by Crippen LogP contribution is -2.34. The molecule has 2 N–H and O–H groups in total. The average molecular weight is 224 g/mol. The zero-order chi connectivity index (χ0) is 11.3. The van der Waals surface area contributed by atoms with Crippen molar-refractivity contribution in [3.63, 3.8) is 0 Å². The minimum absolute atomic E-state index is 0.333. The molecule has 80 valence electrons. The summed E-state index contributed by atoms with van der Waals surface area (Å²) in [6.45, 7) is 2.07. The van der Waals surface area contributed by atoms with Crippen LogP contribution in [0.3, 0.4) is 0 Å². The van der Waals surface area contributed by atoms with Gasteiger partial charge < -0.3 is 10.5 Å². The summed E-state index contributed by atoms with van der Waals surface area (Å²) in [4.78, 5) is 11.8. The molecule has 0 saturated heterocycles. The first-order chi connectivity index (χ1) is 7.17. The Balaban J connectivity index is 2.55. The van der Waals surface area contributed by atoms with Crippen molar-refractivity contribution < 1.29 is 9.53 Å². The van der Waals surface area contributed by atoms with E-state index in [1.807, 2.05) is 11.4 Å². The van der Waals surface area contributed by atoms with Crippen LogP contribution in [-0.4, -0.2) is 18.6 Å². The van der Waals surface area contributed by atoms with Crippen LogP contribution in [0.15, 0.2) is 11.4 Å². The molecule has 1 aromatic heterocycles. The molecule has 1 unspecified atom stereocenters. The summed E-state index contributed by atoms with van der Waals surface area (Å²) in [6.07, 6.45) is 0.414. The molecule has 1 heterocycles. The molecule has 0 fully saturated rings. The average Bonchev–Trinajstić information content (AvgIpc) is 2.66. The monoisotopic (exact) mass is 224 g/mol. The number of nitrogens with two attached hydrogens (primary N) is 1. The minimum atomic E-state index is -0.647. The third-order valence-corrected chi connectivity index (χ3v) is 2.69. The van der Waals surface area contributed by atoms with Crippen molar-refractivity contribution in [2.75, 3.05) is 6.61 Å². The molecule has 0 aliphatic carbocycles. The van der Waals surface area contributed by atoms with Gasteiger partial charge in [0.1, 0.15) is 17.0 Å². The van der Waals surface area contributed by atoms with Gasteiger partial charge in [0.05, 0.1) is 6.61 Å². The third kappa shape index (κ3) is 3.35. The van der Waals surface area contributed by atoms with Crippen LogP contribution >= 0.6 is 11.3 Å². The van der Waals surface area contributed by atoms with E-state index in [1.165, 1.54) is 11.3 Å². The predicted octanol–water partition coefficient (Wildman–Crippen LogP) is 1.05. The van der Waals surface area contributed by atoms with Gasteiger partial charge in [0.2, 0.25) is 0 Å². The van der Waals surface area contributed by atoms with Gasteiger partial charge in [-0.15, -0.1) is 11.3 Å². The van der Waals surface area contributed by atoms with Gasteiger partial charge in [-0.2, -0.15) is 5.26 Å². The van der Waals surface area contributed by atoms with Crippen molar-refractivity contribution in [1.82, 2.24) is 0 Å². The van der Waals surface area contributed by atoms with Gasteiger partial charge in [0.15, 0.2) is 0 Å². The first kappa shape index (κ1) is 11.7. The normalized spacial score (nSPS) is 11.8. The molecule has 1 aromatic rings. The smallest absolute Gasteiger partial charge is 0.323 e. The molecule has 0 saturated carbocycles. The zero-order valence-electron chi connectivity index (χ0n) is 8.40. The van der Waals surface area contributed by atoms with Crippen molar-refractivity contribution in [1.29, 1.82) is 5.26 Å². The number of thiophene rings is 1. The largest absolute Gasteiger partial charge is 0.465 e. The summed E-state index contributed by atoms with van der Waals surface area (Å²) in [6, 6.07) is 3.13. The van der Waals surface area contributed by atoms with Gasteiger partial charge in [0, 0.05) is 0 Å². The van der Waals surface area contributed by atoms with Crippen LogP contribution in [0.25, 0.3) is 0 Å². The Morgan fingerprint density at radius 1 is 1.80 bits per heavy atom. The Hall–Kier alpha value is -1.38. The number of carbonyl (C=O) groups is 1. The van der Waals surface area contributed by atoms with Gasteiger partial charge in [-0.05, 0) is 30.4 Å². The molecule has 0 aliphatic rings. The number of nitrogens with zero attached hydrogens (tertiary/aromatic N) is 1. The molecule has 0 radical (unpaired) electrons. The van der Waals surface area contributed by atoms with Gasteiger partial charge in [-0.3, -0.25) is 4.79 Å². The summed E-state index contributed by atoms with van der Waals surface area (Å²) in [7, 11) is 0.